The van der Waals surface area contributed by atoms with Crippen LogP contribution in [0, 0.1) is 11.6 Å². The van der Waals surface area contributed by atoms with Gasteiger partial charge in [-0.05, 0) is 48.0 Å². The van der Waals surface area contributed by atoms with Crippen LogP contribution in [0.3, 0.4) is 0 Å². The zero-order valence-electron chi connectivity index (χ0n) is 19.6. The van der Waals surface area contributed by atoms with E-state index in [2.05, 4.69) is 16.0 Å². The molecule has 0 aliphatic carbocycles. The molecule has 0 bridgehead atoms. The number of hydrogen-bond acceptors (Lipinski definition) is 5. The second kappa shape index (κ2) is 11.5. The van der Waals surface area contributed by atoms with E-state index < -0.39 is 17.7 Å². The van der Waals surface area contributed by atoms with E-state index in [1.54, 1.807) is 25.3 Å². The number of hydrogen-bond donors (Lipinski definition) is 3. The van der Waals surface area contributed by atoms with Crippen LogP contribution in [0.25, 0.3) is 0 Å². The molecule has 1 fully saturated rings. The molecule has 3 N–H and O–H groups in total. The number of nitrogens with zero attached hydrogens (tertiary/aromatic N) is 1. The highest BCUT2D eigenvalue weighted by atomic mass is 19.1. The van der Waals surface area contributed by atoms with Crippen molar-refractivity contribution >= 4 is 29.0 Å². The Bertz CT molecular complexity index is 1250. The van der Waals surface area contributed by atoms with Crippen LogP contribution in [0.2, 0.25) is 0 Å². The molecule has 0 unspecified atom stereocenters. The second-order valence-corrected chi connectivity index (χ2v) is 8.07. The van der Waals surface area contributed by atoms with Gasteiger partial charge in [-0.25, -0.2) is 13.6 Å². The molecular weight excluding hydrogens is 470 g/mol. The highest BCUT2D eigenvalue weighted by Crippen LogP contribution is 2.29. The lowest BCUT2D eigenvalue weighted by atomic mass is 10.1. The van der Waals surface area contributed by atoms with Crippen molar-refractivity contribution in [3.05, 3.63) is 83.4 Å². The van der Waals surface area contributed by atoms with Crippen molar-refractivity contribution in [1.82, 2.24) is 5.32 Å². The fraction of sp³-hybridized carbons (Fsp3) is 0.231. The first-order chi connectivity index (χ1) is 17.4. The zero-order valence-corrected chi connectivity index (χ0v) is 19.6. The Kier molecular flexibility index (Phi) is 7.96. The summed E-state index contributed by atoms with van der Waals surface area (Å²) < 4.78 is 37.8. The van der Waals surface area contributed by atoms with Gasteiger partial charge in [-0.2, -0.15) is 0 Å². The van der Waals surface area contributed by atoms with Crippen LogP contribution in [-0.2, 0) is 11.3 Å². The predicted molar refractivity (Wildman–Crippen MR) is 133 cm³/mol. The van der Waals surface area contributed by atoms with Crippen molar-refractivity contribution in [2.75, 3.05) is 48.9 Å². The summed E-state index contributed by atoms with van der Waals surface area (Å²) in [6, 6.07) is 14.5. The third-order valence-corrected chi connectivity index (χ3v) is 5.63. The number of nitrogens with one attached hydrogen (secondary N) is 3. The summed E-state index contributed by atoms with van der Waals surface area (Å²) in [6.07, 6.45) is 0. The van der Waals surface area contributed by atoms with Gasteiger partial charge in [-0.3, -0.25) is 4.79 Å². The highest BCUT2D eigenvalue weighted by Gasteiger charge is 2.19. The van der Waals surface area contributed by atoms with Crippen LogP contribution in [0.5, 0.6) is 5.75 Å². The van der Waals surface area contributed by atoms with Gasteiger partial charge in [0.2, 0.25) is 0 Å². The largest absolute Gasteiger partial charge is 0.497 e. The molecular formula is C26H26F2N4O4. The summed E-state index contributed by atoms with van der Waals surface area (Å²) in [5, 5.41) is 7.92. The smallest absolute Gasteiger partial charge is 0.323 e. The van der Waals surface area contributed by atoms with Crippen LogP contribution in [-0.4, -0.2) is 45.4 Å². The lowest BCUT2D eigenvalue weighted by Gasteiger charge is -2.30. The molecule has 1 aliphatic heterocycles. The maximum absolute atomic E-state index is 14.0. The molecule has 0 radical (unpaired) electrons. The van der Waals surface area contributed by atoms with E-state index in [1.165, 1.54) is 0 Å². The molecule has 4 rings (SSSR count). The van der Waals surface area contributed by atoms with Gasteiger partial charge < -0.3 is 30.3 Å². The number of morpholine rings is 1. The van der Waals surface area contributed by atoms with Crippen LogP contribution in [0.4, 0.5) is 30.6 Å². The van der Waals surface area contributed by atoms with Gasteiger partial charge in [0.05, 0.1) is 37.4 Å². The normalized spacial score (nSPS) is 13.1. The average Bonchev–Trinajstić information content (AvgIpc) is 2.89. The Labute approximate surface area is 207 Å². The number of anilines is 3. The number of urea groups is 1. The summed E-state index contributed by atoms with van der Waals surface area (Å²) in [7, 11) is 1.57. The number of rotatable bonds is 7. The molecule has 3 aromatic rings. The lowest BCUT2D eigenvalue weighted by molar-refractivity contribution is 0.0950. The van der Waals surface area contributed by atoms with Gasteiger partial charge in [-0.1, -0.05) is 12.1 Å². The van der Waals surface area contributed by atoms with Crippen molar-refractivity contribution in [2.24, 2.45) is 0 Å². The minimum atomic E-state index is -0.899. The molecule has 0 aromatic heterocycles. The van der Waals surface area contributed by atoms with E-state index in [-0.39, 0.29) is 18.1 Å². The lowest BCUT2D eigenvalue weighted by Crippen LogP contribution is -2.37. The van der Waals surface area contributed by atoms with Crippen molar-refractivity contribution in [2.45, 2.75) is 6.54 Å². The topological polar surface area (TPSA) is 91.9 Å². The minimum absolute atomic E-state index is 0.172. The molecule has 0 spiro atoms. The number of methoxy groups -OCH3 is 1. The molecule has 10 heteroatoms. The molecule has 0 atom stereocenters. The quantitative estimate of drug-likeness (QED) is 0.452. The molecule has 1 aliphatic rings. The average molecular weight is 497 g/mol. The summed E-state index contributed by atoms with van der Waals surface area (Å²) in [4.78, 5) is 27.6. The maximum Gasteiger partial charge on any atom is 0.323 e. The fourth-order valence-electron chi connectivity index (χ4n) is 3.79. The standard InChI is InChI=1S/C26H26F2N4O4/c1-35-20-4-2-3-17(13-20)16-29-25(33)18-5-8-24(32-9-11-36-12-10-32)23(14-18)31-26(34)30-22-7-6-19(27)15-21(22)28/h2-8,13-15H,9-12,16H2,1H3,(H,29,33)(H2,30,31,34). The summed E-state index contributed by atoms with van der Waals surface area (Å²) in [5.74, 6) is -1.30. The summed E-state index contributed by atoms with van der Waals surface area (Å²) in [5.41, 5.74) is 2.09. The maximum atomic E-state index is 14.0. The zero-order chi connectivity index (χ0) is 25.5. The van der Waals surface area contributed by atoms with Gasteiger partial charge in [0.15, 0.2) is 0 Å². The minimum Gasteiger partial charge on any atom is -0.497 e. The molecule has 1 heterocycles. The van der Waals surface area contributed by atoms with E-state index in [9.17, 15) is 18.4 Å². The van der Waals surface area contributed by atoms with Gasteiger partial charge in [-0.15, -0.1) is 0 Å². The first-order valence-electron chi connectivity index (χ1n) is 11.3. The number of amides is 3. The van der Waals surface area contributed by atoms with E-state index >= 15 is 0 Å². The van der Waals surface area contributed by atoms with Crippen LogP contribution in [0.1, 0.15) is 15.9 Å². The van der Waals surface area contributed by atoms with Crippen LogP contribution in [0.15, 0.2) is 60.7 Å². The van der Waals surface area contributed by atoms with E-state index in [4.69, 9.17) is 9.47 Å². The molecule has 188 valence electrons. The van der Waals surface area contributed by atoms with Gasteiger partial charge in [0, 0.05) is 31.3 Å². The van der Waals surface area contributed by atoms with Gasteiger partial charge >= 0.3 is 6.03 Å². The van der Waals surface area contributed by atoms with E-state index in [0.717, 1.165) is 17.7 Å². The van der Waals surface area contributed by atoms with Crippen molar-refractivity contribution in [1.29, 1.82) is 0 Å². The first kappa shape index (κ1) is 24.9. The fourth-order valence-corrected chi connectivity index (χ4v) is 3.79. The highest BCUT2D eigenvalue weighted by molar-refractivity contribution is 6.04. The third kappa shape index (κ3) is 6.28. The second-order valence-electron chi connectivity index (χ2n) is 8.07. The SMILES string of the molecule is COc1cccc(CNC(=O)c2ccc(N3CCOCC3)c(NC(=O)Nc3ccc(F)cc3F)c2)c1. The van der Waals surface area contributed by atoms with Crippen molar-refractivity contribution < 1.29 is 27.8 Å². The Morgan fingerprint density at radius 3 is 2.50 bits per heavy atom. The van der Waals surface area contributed by atoms with E-state index in [0.29, 0.717) is 55.1 Å². The molecule has 36 heavy (non-hydrogen) atoms. The van der Waals surface area contributed by atoms with Crippen LogP contribution < -0.4 is 25.6 Å². The van der Waals surface area contributed by atoms with Crippen LogP contribution >= 0.6 is 0 Å². The van der Waals surface area contributed by atoms with Crippen molar-refractivity contribution in [3.63, 3.8) is 0 Å². The van der Waals surface area contributed by atoms with Gasteiger partial charge in [0.25, 0.3) is 5.91 Å². The molecule has 3 amide bonds. The number of carbonyl (C=O) groups is 2. The number of benzene rings is 3. The monoisotopic (exact) mass is 496 g/mol. The summed E-state index contributed by atoms with van der Waals surface area (Å²) in [6.45, 7) is 2.54. The molecule has 8 nitrogen and oxygen atoms in total. The van der Waals surface area contributed by atoms with E-state index in [1.807, 2.05) is 29.2 Å². The Balaban J connectivity index is 1.52. The Hall–Kier alpha value is -4.18. The predicted octanol–water partition coefficient (Wildman–Crippen LogP) is 4.38. The molecule has 0 saturated carbocycles. The molecule has 3 aromatic carbocycles. The number of ether oxygens (including phenoxy) is 2. The Morgan fingerprint density at radius 2 is 1.75 bits per heavy atom. The number of halogens is 2. The molecule has 1 saturated heterocycles. The third-order valence-electron chi connectivity index (χ3n) is 5.63. The van der Waals surface area contributed by atoms with Crippen molar-refractivity contribution in [3.8, 4) is 5.75 Å². The summed E-state index contributed by atoms with van der Waals surface area (Å²) >= 11 is 0. The van der Waals surface area contributed by atoms with Gasteiger partial charge in [0.1, 0.15) is 17.4 Å². The number of carbonyl (C=O) groups excluding carboxylic acids is 2. The first-order valence-corrected chi connectivity index (χ1v) is 11.3. The Morgan fingerprint density at radius 1 is 0.972 bits per heavy atom.